The number of aromatic nitrogens is 1. The van der Waals surface area contributed by atoms with Crippen molar-refractivity contribution in [1.82, 2.24) is 4.57 Å². The summed E-state index contributed by atoms with van der Waals surface area (Å²) in [7, 11) is 0. The van der Waals surface area contributed by atoms with Crippen LogP contribution < -0.4 is 10.3 Å². The van der Waals surface area contributed by atoms with Gasteiger partial charge in [0, 0.05) is 19.3 Å². The molecule has 0 saturated carbocycles. The third-order valence-electron chi connectivity index (χ3n) is 3.06. The van der Waals surface area contributed by atoms with Crippen molar-refractivity contribution in [3.05, 3.63) is 64.1 Å². The summed E-state index contributed by atoms with van der Waals surface area (Å²) in [4.78, 5) is 12.1. The van der Waals surface area contributed by atoms with Crippen molar-refractivity contribution >= 4 is 0 Å². The van der Waals surface area contributed by atoms with E-state index in [9.17, 15) is 4.79 Å². The van der Waals surface area contributed by atoms with Gasteiger partial charge >= 0.3 is 0 Å². The van der Waals surface area contributed by atoms with Gasteiger partial charge in [0.1, 0.15) is 6.61 Å². The van der Waals surface area contributed by atoms with E-state index >= 15 is 0 Å². The third-order valence-corrected chi connectivity index (χ3v) is 3.06. The molecule has 0 fully saturated rings. The lowest BCUT2D eigenvalue weighted by molar-refractivity contribution is 0.275. The number of hydrogen-bond acceptors (Lipinski definition) is 3. The molecular weight excluding hydrogens is 254 g/mol. The molecule has 1 aromatic heterocycles. The molecule has 0 radical (unpaired) electrons. The molecule has 0 atom stereocenters. The van der Waals surface area contributed by atoms with Crippen LogP contribution in [0.1, 0.15) is 17.5 Å². The van der Waals surface area contributed by atoms with Gasteiger partial charge in [-0.05, 0) is 31.0 Å². The van der Waals surface area contributed by atoms with Crippen LogP contribution in [0.4, 0.5) is 0 Å². The van der Waals surface area contributed by atoms with Crippen LogP contribution in [0.2, 0.25) is 0 Å². The van der Waals surface area contributed by atoms with Gasteiger partial charge in [0.25, 0.3) is 5.56 Å². The number of hydrogen-bond donors (Lipinski definition) is 1. The van der Waals surface area contributed by atoms with Crippen LogP contribution in [0.3, 0.4) is 0 Å². The van der Waals surface area contributed by atoms with Crippen LogP contribution in [0.5, 0.6) is 5.75 Å². The first-order valence-corrected chi connectivity index (χ1v) is 6.69. The SMILES string of the molecule is Cc1ccc(COc2cccn(CCCO)c2=O)cc1. The highest BCUT2D eigenvalue weighted by Crippen LogP contribution is 2.08. The second kappa shape index (κ2) is 6.91. The molecule has 0 aliphatic heterocycles. The summed E-state index contributed by atoms with van der Waals surface area (Å²) in [5.74, 6) is 0.339. The minimum absolute atomic E-state index is 0.0703. The van der Waals surface area contributed by atoms with Crippen molar-refractivity contribution in [2.24, 2.45) is 0 Å². The van der Waals surface area contributed by atoms with Crippen molar-refractivity contribution in [2.75, 3.05) is 6.61 Å². The molecule has 2 rings (SSSR count). The summed E-state index contributed by atoms with van der Waals surface area (Å²) >= 11 is 0. The Morgan fingerprint density at radius 3 is 2.65 bits per heavy atom. The number of benzene rings is 1. The van der Waals surface area contributed by atoms with Crippen LogP contribution in [-0.4, -0.2) is 16.3 Å². The van der Waals surface area contributed by atoms with E-state index in [0.717, 1.165) is 5.56 Å². The molecule has 106 valence electrons. The molecular formula is C16H19NO3. The highest BCUT2D eigenvalue weighted by atomic mass is 16.5. The molecule has 4 heteroatoms. The molecule has 0 saturated heterocycles. The Morgan fingerprint density at radius 1 is 1.20 bits per heavy atom. The molecule has 4 nitrogen and oxygen atoms in total. The molecule has 0 aliphatic rings. The second-order valence-electron chi connectivity index (χ2n) is 4.72. The zero-order chi connectivity index (χ0) is 14.4. The number of aliphatic hydroxyl groups excluding tert-OH is 1. The standard InChI is InChI=1S/C16H19NO3/c1-13-5-7-14(8-6-13)12-20-15-4-2-9-17(16(15)19)10-3-11-18/h2,4-9,18H,3,10-12H2,1H3. The average Bonchev–Trinajstić information content (AvgIpc) is 2.47. The normalized spacial score (nSPS) is 10.5. The predicted octanol–water partition coefficient (Wildman–Crippen LogP) is 2.12. The zero-order valence-electron chi connectivity index (χ0n) is 11.6. The minimum Gasteiger partial charge on any atom is -0.483 e. The summed E-state index contributed by atoms with van der Waals surface area (Å²) in [6.45, 7) is 2.97. The number of pyridine rings is 1. The molecule has 1 heterocycles. The van der Waals surface area contributed by atoms with Crippen molar-refractivity contribution < 1.29 is 9.84 Å². The van der Waals surface area contributed by atoms with E-state index in [2.05, 4.69) is 0 Å². The third kappa shape index (κ3) is 3.71. The van der Waals surface area contributed by atoms with Gasteiger partial charge in [-0.25, -0.2) is 0 Å². The molecule has 1 aromatic carbocycles. The first-order valence-electron chi connectivity index (χ1n) is 6.69. The van der Waals surface area contributed by atoms with Crippen LogP contribution in [0, 0.1) is 6.92 Å². The van der Waals surface area contributed by atoms with Gasteiger partial charge < -0.3 is 14.4 Å². The fourth-order valence-corrected chi connectivity index (χ4v) is 1.89. The fraction of sp³-hybridized carbons (Fsp3) is 0.312. The predicted molar refractivity (Wildman–Crippen MR) is 77.9 cm³/mol. The Bertz CT molecular complexity index is 602. The lowest BCUT2D eigenvalue weighted by Gasteiger charge is -2.09. The van der Waals surface area contributed by atoms with Gasteiger partial charge in [-0.3, -0.25) is 4.79 Å². The van der Waals surface area contributed by atoms with E-state index < -0.39 is 0 Å². The Morgan fingerprint density at radius 2 is 1.95 bits per heavy atom. The minimum atomic E-state index is -0.159. The number of nitrogens with zero attached hydrogens (tertiary/aromatic N) is 1. The van der Waals surface area contributed by atoms with Crippen molar-refractivity contribution in [3.8, 4) is 5.75 Å². The lowest BCUT2D eigenvalue weighted by atomic mass is 10.2. The van der Waals surface area contributed by atoms with Gasteiger partial charge in [-0.2, -0.15) is 0 Å². The maximum absolute atomic E-state index is 12.1. The van der Waals surface area contributed by atoms with E-state index in [1.54, 1.807) is 22.9 Å². The molecule has 0 unspecified atom stereocenters. The quantitative estimate of drug-likeness (QED) is 0.877. The van der Waals surface area contributed by atoms with E-state index in [4.69, 9.17) is 9.84 Å². The highest BCUT2D eigenvalue weighted by Gasteiger charge is 2.04. The van der Waals surface area contributed by atoms with Crippen LogP contribution in [0.15, 0.2) is 47.4 Å². The summed E-state index contributed by atoms with van der Waals surface area (Å²) < 4.78 is 7.14. The molecule has 20 heavy (non-hydrogen) atoms. The summed E-state index contributed by atoms with van der Waals surface area (Å²) in [5.41, 5.74) is 2.06. The Kier molecular flexibility index (Phi) is 4.96. The Balaban J connectivity index is 2.06. The van der Waals surface area contributed by atoms with E-state index in [1.165, 1.54) is 5.56 Å². The van der Waals surface area contributed by atoms with E-state index in [1.807, 2.05) is 31.2 Å². The van der Waals surface area contributed by atoms with Gasteiger partial charge in [-0.1, -0.05) is 29.8 Å². The molecule has 2 aromatic rings. The van der Waals surface area contributed by atoms with Gasteiger partial charge in [-0.15, -0.1) is 0 Å². The molecule has 0 amide bonds. The molecule has 1 N–H and O–H groups in total. The number of aliphatic hydroxyl groups is 1. The maximum atomic E-state index is 12.1. The van der Waals surface area contributed by atoms with Crippen molar-refractivity contribution in [2.45, 2.75) is 26.5 Å². The molecule has 0 aliphatic carbocycles. The van der Waals surface area contributed by atoms with Gasteiger partial charge in [0.2, 0.25) is 0 Å². The fourth-order valence-electron chi connectivity index (χ4n) is 1.89. The maximum Gasteiger partial charge on any atom is 0.292 e. The van der Waals surface area contributed by atoms with E-state index in [0.29, 0.717) is 25.3 Å². The monoisotopic (exact) mass is 273 g/mol. The van der Waals surface area contributed by atoms with Crippen molar-refractivity contribution in [1.29, 1.82) is 0 Å². The zero-order valence-corrected chi connectivity index (χ0v) is 11.6. The second-order valence-corrected chi connectivity index (χ2v) is 4.72. The van der Waals surface area contributed by atoms with Crippen LogP contribution in [-0.2, 0) is 13.2 Å². The molecule has 0 spiro atoms. The van der Waals surface area contributed by atoms with Gasteiger partial charge in [0.15, 0.2) is 5.75 Å². The first-order chi connectivity index (χ1) is 9.70. The first kappa shape index (κ1) is 14.3. The lowest BCUT2D eigenvalue weighted by Crippen LogP contribution is -2.21. The van der Waals surface area contributed by atoms with Crippen molar-refractivity contribution in [3.63, 3.8) is 0 Å². The highest BCUT2D eigenvalue weighted by molar-refractivity contribution is 5.22. The molecule has 0 bridgehead atoms. The van der Waals surface area contributed by atoms with E-state index in [-0.39, 0.29) is 12.2 Å². The Hall–Kier alpha value is -2.07. The average molecular weight is 273 g/mol. The summed E-state index contributed by atoms with van der Waals surface area (Å²) in [6, 6.07) is 11.5. The Labute approximate surface area is 118 Å². The van der Waals surface area contributed by atoms with Crippen LogP contribution in [0.25, 0.3) is 0 Å². The van der Waals surface area contributed by atoms with Gasteiger partial charge in [0.05, 0.1) is 0 Å². The number of aryl methyl sites for hydroxylation is 2. The number of ether oxygens (including phenoxy) is 1. The number of rotatable bonds is 6. The summed E-state index contributed by atoms with van der Waals surface area (Å²) in [6.07, 6.45) is 2.26. The summed E-state index contributed by atoms with van der Waals surface area (Å²) in [5, 5.41) is 8.82. The largest absolute Gasteiger partial charge is 0.483 e. The van der Waals surface area contributed by atoms with Crippen LogP contribution >= 0.6 is 0 Å². The topological polar surface area (TPSA) is 51.5 Å². The smallest absolute Gasteiger partial charge is 0.292 e.